The molecule has 18 heavy (non-hydrogen) atoms. The van der Waals surface area contributed by atoms with Crippen LogP contribution in [0.1, 0.15) is 46.5 Å². The Bertz CT molecular complexity index is 294. The van der Waals surface area contributed by atoms with Crippen LogP contribution >= 0.6 is 0 Å². The smallest absolute Gasteiger partial charge is 0.333 e. The van der Waals surface area contributed by atoms with Crippen molar-refractivity contribution in [3.05, 3.63) is 11.6 Å². The van der Waals surface area contributed by atoms with Crippen LogP contribution in [-0.2, 0) is 19.1 Å². The molecule has 0 heterocycles. The lowest BCUT2D eigenvalue weighted by Gasteiger charge is -2.13. The molecule has 1 atom stereocenters. The maximum Gasteiger partial charge on any atom is 0.333 e. The van der Waals surface area contributed by atoms with E-state index in [2.05, 4.69) is 18.6 Å². The van der Waals surface area contributed by atoms with Crippen molar-refractivity contribution in [3.63, 3.8) is 0 Å². The van der Waals surface area contributed by atoms with Crippen LogP contribution < -0.4 is 0 Å². The Kier molecular flexibility index (Phi) is 8.97. The van der Waals surface area contributed by atoms with Gasteiger partial charge in [-0.15, -0.1) is 0 Å². The van der Waals surface area contributed by atoms with Gasteiger partial charge in [0.1, 0.15) is 0 Å². The second kappa shape index (κ2) is 9.68. The fraction of sp³-hybridized carbons (Fsp3) is 0.714. The summed E-state index contributed by atoms with van der Waals surface area (Å²) in [5.41, 5.74) is 0.254. The van der Waals surface area contributed by atoms with Crippen LogP contribution in [-0.4, -0.2) is 25.7 Å². The second-order valence-electron chi connectivity index (χ2n) is 4.37. The number of hydrogen-bond acceptors (Lipinski definition) is 4. The predicted molar refractivity (Wildman–Crippen MR) is 70.0 cm³/mol. The van der Waals surface area contributed by atoms with Crippen LogP contribution in [0.3, 0.4) is 0 Å². The van der Waals surface area contributed by atoms with Crippen molar-refractivity contribution in [1.29, 1.82) is 0 Å². The number of esters is 2. The number of hydrogen-bond donors (Lipinski definition) is 0. The molecule has 0 aromatic carbocycles. The van der Waals surface area contributed by atoms with Crippen molar-refractivity contribution in [2.75, 3.05) is 13.7 Å². The molecule has 0 saturated carbocycles. The van der Waals surface area contributed by atoms with Gasteiger partial charge in [-0.2, -0.15) is 0 Å². The molecule has 0 fully saturated rings. The first kappa shape index (κ1) is 16.7. The molecule has 4 heteroatoms. The molecule has 0 spiro atoms. The monoisotopic (exact) mass is 256 g/mol. The molecule has 0 N–H and O–H groups in total. The van der Waals surface area contributed by atoms with E-state index in [1.54, 1.807) is 0 Å². The van der Waals surface area contributed by atoms with Gasteiger partial charge in [0.15, 0.2) is 0 Å². The highest BCUT2D eigenvalue weighted by Crippen LogP contribution is 2.13. The summed E-state index contributed by atoms with van der Waals surface area (Å²) in [5, 5.41) is 0. The van der Waals surface area contributed by atoms with Crippen molar-refractivity contribution in [2.24, 2.45) is 5.92 Å². The van der Waals surface area contributed by atoms with Gasteiger partial charge < -0.3 is 9.47 Å². The van der Waals surface area contributed by atoms with Gasteiger partial charge in [0, 0.05) is 11.6 Å². The van der Waals surface area contributed by atoms with E-state index in [-0.39, 0.29) is 5.57 Å². The number of ether oxygens (including phenoxy) is 2. The SMILES string of the molecule is CCCCC(CC)COC(=O)C=C(C)C(=O)OC. The summed E-state index contributed by atoms with van der Waals surface area (Å²) < 4.78 is 9.63. The van der Waals surface area contributed by atoms with Crippen LogP contribution in [0.5, 0.6) is 0 Å². The zero-order valence-corrected chi connectivity index (χ0v) is 11.8. The van der Waals surface area contributed by atoms with Crippen molar-refractivity contribution in [1.82, 2.24) is 0 Å². The molecule has 4 nitrogen and oxygen atoms in total. The van der Waals surface area contributed by atoms with Crippen LogP contribution in [0.15, 0.2) is 11.6 Å². The summed E-state index contributed by atoms with van der Waals surface area (Å²) in [7, 11) is 1.28. The fourth-order valence-electron chi connectivity index (χ4n) is 1.54. The first-order valence-electron chi connectivity index (χ1n) is 6.48. The normalized spacial score (nSPS) is 13.0. The third-order valence-electron chi connectivity index (χ3n) is 2.85. The minimum Gasteiger partial charge on any atom is -0.466 e. The molecule has 104 valence electrons. The van der Waals surface area contributed by atoms with Gasteiger partial charge in [-0.05, 0) is 19.3 Å². The highest BCUT2D eigenvalue weighted by molar-refractivity contribution is 5.95. The van der Waals surface area contributed by atoms with Crippen molar-refractivity contribution < 1.29 is 19.1 Å². The molecule has 0 aliphatic carbocycles. The first-order chi connectivity index (χ1) is 8.54. The van der Waals surface area contributed by atoms with Gasteiger partial charge in [0.05, 0.1) is 13.7 Å². The van der Waals surface area contributed by atoms with E-state index in [0.29, 0.717) is 12.5 Å². The van der Waals surface area contributed by atoms with Gasteiger partial charge in [-0.3, -0.25) is 0 Å². The third-order valence-corrected chi connectivity index (χ3v) is 2.85. The number of carbonyl (C=O) groups is 2. The minimum atomic E-state index is -0.509. The summed E-state index contributed by atoms with van der Waals surface area (Å²) in [4.78, 5) is 22.5. The fourth-order valence-corrected chi connectivity index (χ4v) is 1.54. The van der Waals surface area contributed by atoms with Gasteiger partial charge in [-0.25, -0.2) is 9.59 Å². The molecule has 0 radical (unpaired) electrons. The summed E-state index contributed by atoms with van der Waals surface area (Å²) in [6.45, 7) is 6.17. The van der Waals surface area contributed by atoms with E-state index in [4.69, 9.17) is 4.74 Å². The molecule has 0 rings (SSSR count). The number of methoxy groups -OCH3 is 1. The minimum absolute atomic E-state index is 0.254. The van der Waals surface area contributed by atoms with Crippen LogP contribution in [0.25, 0.3) is 0 Å². The number of unbranched alkanes of at least 4 members (excludes halogenated alkanes) is 1. The molecule has 0 amide bonds. The Labute approximate surface area is 109 Å². The maximum absolute atomic E-state index is 11.5. The highest BCUT2D eigenvalue weighted by Gasteiger charge is 2.10. The lowest BCUT2D eigenvalue weighted by atomic mass is 10.0. The molecular formula is C14H24O4. The quantitative estimate of drug-likeness (QED) is 0.495. The molecule has 0 aromatic rings. The second-order valence-corrected chi connectivity index (χ2v) is 4.37. The van der Waals surface area contributed by atoms with Gasteiger partial charge in [-0.1, -0.05) is 33.1 Å². The van der Waals surface area contributed by atoms with E-state index in [1.165, 1.54) is 20.1 Å². The summed E-state index contributed by atoms with van der Waals surface area (Å²) in [6.07, 6.45) is 5.53. The van der Waals surface area contributed by atoms with E-state index in [1.807, 2.05) is 0 Å². The van der Waals surface area contributed by atoms with E-state index < -0.39 is 11.9 Å². The van der Waals surface area contributed by atoms with Crippen molar-refractivity contribution >= 4 is 11.9 Å². The molecule has 0 aromatic heterocycles. The Balaban J connectivity index is 4.12. The van der Waals surface area contributed by atoms with Crippen LogP contribution in [0.2, 0.25) is 0 Å². The number of rotatable bonds is 8. The Morgan fingerprint density at radius 2 is 1.94 bits per heavy atom. The van der Waals surface area contributed by atoms with E-state index >= 15 is 0 Å². The lowest BCUT2D eigenvalue weighted by Crippen LogP contribution is -2.13. The molecule has 0 aliphatic heterocycles. The summed E-state index contributed by atoms with van der Waals surface area (Å²) in [5.74, 6) is -0.585. The zero-order valence-electron chi connectivity index (χ0n) is 11.8. The lowest BCUT2D eigenvalue weighted by molar-refractivity contribution is -0.141. The van der Waals surface area contributed by atoms with E-state index in [0.717, 1.165) is 25.7 Å². The largest absolute Gasteiger partial charge is 0.466 e. The van der Waals surface area contributed by atoms with Crippen molar-refractivity contribution in [2.45, 2.75) is 46.5 Å². The average molecular weight is 256 g/mol. The Hall–Kier alpha value is -1.32. The highest BCUT2D eigenvalue weighted by atomic mass is 16.5. The first-order valence-corrected chi connectivity index (χ1v) is 6.48. The van der Waals surface area contributed by atoms with Crippen LogP contribution in [0.4, 0.5) is 0 Å². The molecule has 1 unspecified atom stereocenters. The average Bonchev–Trinajstić information content (AvgIpc) is 2.37. The zero-order chi connectivity index (χ0) is 14.0. The van der Waals surface area contributed by atoms with E-state index in [9.17, 15) is 9.59 Å². The summed E-state index contributed by atoms with van der Waals surface area (Å²) in [6, 6.07) is 0. The topological polar surface area (TPSA) is 52.6 Å². The van der Waals surface area contributed by atoms with Gasteiger partial charge in [0.25, 0.3) is 0 Å². The third kappa shape index (κ3) is 7.09. The predicted octanol–water partition coefficient (Wildman–Crippen LogP) is 2.87. The molecule has 0 aliphatic rings. The van der Waals surface area contributed by atoms with Crippen LogP contribution in [0, 0.1) is 5.92 Å². The summed E-state index contributed by atoms with van der Waals surface area (Å²) >= 11 is 0. The number of carbonyl (C=O) groups excluding carboxylic acids is 2. The Morgan fingerprint density at radius 1 is 1.28 bits per heavy atom. The molecule has 0 bridgehead atoms. The Morgan fingerprint density at radius 3 is 2.44 bits per heavy atom. The maximum atomic E-state index is 11.5. The molecular weight excluding hydrogens is 232 g/mol. The van der Waals surface area contributed by atoms with Gasteiger partial charge >= 0.3 is 11.9 Å². The van der Waals surface area contributed by atoms with Crippen molar-refractivity contribution in [3.8, 4) is 0 Å². The van der Waals surface area contributed by atoms with Gasteiger partial charge in [0.2, 0.25) is 0 Å². The molecule has 0 saturated heterocycles. The standard InChI is InChI=1S/C14H24O4/c1-5-7-8-12(6-2)10-18-13(15)9-11(3)14(16)17-4/h9,12H,5-8,10H2,1-4H3.